The Bertz CT molecular complexity index is 713. The Labute approximate surface area is 125 Å². The maximum absolute atomic E-state index is 12.1. The van der Waals surface area contributed by atoms with Crippen LogP contribution in [0, 0.1) is 0 Å². The van der Waals surface area contributed by atoms with Gasteiger partial charge in [-0.05, 0) is 23.8 Å². The highest BCUT2D eigenvalue weighted by molar-refractivity contribution is 7.89. The summed E-state index contributed by atoms with van der Waals surface area (Å²) in [5.41, 5.74) is 8.13. The number of nitrogen functional groups attached to an aromatic ring is 1. The fourth-order valence-corrected chi connectivity index (χ4v) is 2.78. The molecule has 3 N–H and O–H groups in total. The van der Waals surface area contributed by atoms with E-state index in [2.05, 4.69) is 5.32 Å². The Kier molecular flexibility index (Phi) is 4.50. The van der Waals surface area contributed by atoms with Crippen LogP contribution in [0.2, 0.25) is 0 Å². The molecule has 0 fully saturated rings. The average Bonchev–Trinajstić information content (AvgIpc) is 2.47. The molecule has 0 aromatic heterocycles. The van der Waals surface area contributed by atoms with Gasteiger partial charge in [-0.15, -0.1) is 0 Å². The summed E-state index contributed by atoms with van der Waals surface area (Å²) in [5.74, 6) is 0. The number of hydrogen-bond donors (Lipinski definition) is 2. The van der Waals surface area contributed by atoms with E-state index in [1.807, 2.05) is 30.3 Å². The quantitative estimate of drug-likeness (QED) is 0.830. The predicted molar refractivity (Wildman–Crippen MR) is 85.5 cm³/mol. The van der Waals surface area contributed by atoms with Crippen molar-refractivity contribution in [2.75, 3.05) is 25.1 Å². The molecule has 0 aliphatic heterocycles. The Morgan fingerprint density at radius 1 is 1.10 bits per heavy atom. The lowest BCUT2D eigenvalue weighted by molar-refractivity contribution is 0.521. The van der Waals surface area contributed by atoms with Crippen LogP contribution in [-0.4, -0.2) is 26.8 Å². The topological polar surface area (TPSA) is 75.4 Å². The summed E-state index contributed by atoms with van der Waals surface area (Å²) in [6.07, 6.45) is 0. The fourth-order valence-electron chi connectivity index (χ4n) is 1.85. The van der Waals surface area contributed by atoms with Crippen molar-refractivity contribution in [2.45, 2.75) is 11.4 Å². The van der Waals surface area contributed by atoms with Gasteiger partial charge in [-0.2, -0.15) is 0 Å². The minimum absolute atomic E-state index is 0.220. The Balaban J connectivity index is 2.24. The van der Waals surface area contributed by atoms with Gasteiger partial charge in [0.25, 0.3) is 0 Å². The van der Waals surface area contributed by atoms with Gasteiger partial charge in [0.1, 0.15) is 0 Å². The molecule has 0 radical (unpaired) electrons. The molecule has 0 aliphatic rings. The molecule has 2 aromatic rings. The lowest BCUT2D eigenvalue weighted by Crippen LogP contribution is -2.22. The van der Waals surface area contributed by atoms with E-state index in [1.54, 1.807) is 12.1 Å². The van der Waals surface area contributed by atoms with E-state index in [4.69, 9.17) is 5.73 Å². The highest BCUT2D eigenvalue weighted by Crippen LogP contribution is 2.24. The zero-order valence-corrected chi connectivity index (χ0v) is 12.9. The largest absolute Gasteiger partial charge is 0.397 e. The molecule has 0 saturated carbocycles. The van der Waals surface area contributed by atoms with Gasteiger partial charge in [-0.25, -0.2) is 12.7 Å². The molecule has 21 heavy (non-hydrogen) atoms. The number of sulfonamides is 1. The third-order valence-electron chi connectivity index (χ3n) is 3.13. The van der Waals surface area contributed by atoms with Crippen molar-refractivity contribution < 1.29 is 8.42 Å². The van der Waals surface area contributed by atoms with E-state index in [0.717, 1.165) is 5.56 Å². The van der Waals surface area contributed by atoms with Gasteiger partial charge >= 0.3 is 0 Å². The smallest absolute Gasteiger partial charge is 0.242 e. The first-order valence-electron chi connectivity index (χ1n) is 6.51. The molecule has 5 nitrogen and oxygen atoms in total. The molecule has 0 heterocycles. The van der Waals surface area contributed by atoms with Crippen LogP contribution in [0.15, 0.2) is 53.4 Å². The number of nitrogens with zero attached hydrogens (tertiary/aromatic N) is 1. The second-order valence-electron chi connectivity index (χ2n) is 4.88. The van der Waals surface area contributed by atoms with Crippen LogP contribution in [0.1, 0.15) is 5.56 Å². The molecule has 6 heteroatoms. The highest BCUT2D eigenvalue weighted by atomic mass is 32.2. The molecule has 0 unspecified atom stereocenters. The van der Waals surface area contributed by atoms with Crippen molar-refractivity contribution in [3.63, 3.8) is 0 Å². The Morgan fingerprint density at radius 2 is 1.76 bits per heavy atom. The Morgan fingerprint density at radius 3 is 2.38 bits per heavy atom. The van der Waals surface area contributed by atoms with Crippen molar-refractivity contribution in [3.8, 4) is 0 Å². The fraction of sp³-hybridized carbons (Fsp3) is 0.200. The summed E-state index contributed by atoms with van der Waals surface area (Å²) in [4.78, 5) is 0.220. The lowest BCUT2D eigenvalue weighted by atomic mass is 10.2. The standard InChI is InChI=1S/C15H19N3O2S/c1-18(2)21(19,20)13-8-9-14(16)15(10-13)17-11-12-6-4-3-5-7-12/h3-10,17H,11,16H2,1-2H3. The van der Waals surface area contributed by atoms with E-state index in [0.29, 0.717) is 17.9 Å². The van der Waals surface area contributed by atoms with Crippen LogP contribution in [0.25, 0.3) is 0 Å². The summed E-state index contributed by atoms with van der Waals surface area (Å²) < 4.78 is 25.4. The third-order valence-corrected chi connectivity index (χ3v) is 4.94. The molecular weight excluding hydrogens is 286 g/mol. The van der Waals surface area contributed by atoms with E-state index >= 15 is 0 Å². The first-order valence-corrected chi connectivity index (χ1v) is 7.95. The summed E-state index contributed by atoms with van der Waals surface area (Å²) in [5, 5.41) is 3.17. The minimum atomic E-state index is -3.46. The molecule has 2 aromatic carbocycles. The molecule has 0 spiro atoms. The summed E-state index contributed by atoms with van der Waals surface area (Å²) in [6, 6.07) is 14.5. The maximum atomic E-state index is 12.1. The number of hydrogen-bond acceptors (Lipinski definition) is 4. The van der Waals surface area contributed by atoms with Gasteiger partial charge < -0.3 is 11.1 Å². The van der Waals surface area contributed by atoms with Gasteiger partial charge in [0.05, 0.1) is 16.3 Å². The molecule has 0 saturated heterocycles. The number of benzene rings is 2. The van der Waals surface area contributed by atoms with E-state index in [1.165, 1.54) is 24.5 Å². The molecule has 0 atom stereocenters. The SMILES string of the molecule is CN(C)S(=O)(=O)c1ccc(N)c(NCc2ccccc2)c1. The van der Waals surface area contributed by atoms with E-state index in [9.17, 15) is 8.42 Å². The normalized spacial score (nSPS) is 11.6. The second-order valence-corrected chi connectivity index (χ2v) is 7.03. The minimum Gasteiger partial charge on any atom is -0.397 e. The predicted octanol–water partition coefficient (Wildman–Crippen LogP) is 2.13. The van der Waals surface area contributed by atoms with Crippen molar-refractivity contribution in [1.82, 2.24) is 4.31 Å². The van der Waals surface area contributed by atoms with E-state index < -0.39 is 10.0 Å². The Hall–Kier alpha value is -2.05. The van der Waals surface area contributed by atoms with Crippen LogP contribution in [-0.2, 0) is 16.6 Å². The molecule has 0 aliphatic carbocycles. The van der Waals surface area contributed by atoms with Gasteiger partial charge in [0.2, 0.25) is 10.0 Å². The molecule has 0 amide bonds. The molecular formula is C15H19N3O2S. The van der Waals surface area contributed by atoms with Crippen LogP contribution >= 0.6 is 0 Å². The molecule has 0 bridgehead atoms. The average molecular weight is 305 g/mol. The van der Waals surface area contributed by atoms with Gasteiger partial charge in [-0.1, -0.05) is 30.3 Å². The number of nitrogens with one attached hydrogen (secondary N) is 1. The first-order chi connectivity index (χ1) is 9.91. The first kappa shape index (κ1) is 15.3. The monoisotopic (exact) mass is 305 g/mol. The second kappa shape index (κ2) is 6.15. The van der Waals surface area contributed by atoms with Gasteiger partial charge in [0, 0.05) is 20.6 Å². The number of anilines is 2. The summed E-state index contributed by atoms with van der Waals surface area (Å²) in [7, 11) is -0.456. The van der Waals surface area contributed by atoms with Gasteiger partial charge in [-0.3, -0.25) is 0 Å². The molecule has 2 rings (SSSR count). The third kappa shape index (κ3) is 3.53. The van der Waals surface area contributed by atoms with Crippen molar-refractivity contribution in [3.05, 3.63) is 54.1 Å². The highest BCUT2D eigenvalue weighted by Gasteiger charge is 2.18. The zero-order chi connectivity index (χ0) is 15.5. The summed E-state index contributed by atoms with van der Waals surface area (Å²) in [6.45, 7) is 0.580. The molecule has 112 valence electrons. The summed E-state index contributed by atoms with van der Waals surface area (Å²) >= 11 is 0. The van der Waals surface area contributed by atoms with Crippen LogP contribution in [0.5, 0.6) is 0 Å². The van der Waals surface area contributed by atoms with Crippen LogP contribution in [0.3, 0.4) is 0 Å². The van der Waals surface area contributed by atoms with Crippen molar-refractivity contribution in [2.24, 2.45) is 0 Å². The van der Waals surface area contributed by atoms with Crippen LogP contribution < -0.4 is 11.1 Å². The maximum Gasteiger partial charge on any atom is 0.242 e. The zero-order valence-electron chi connectivity index (χ0n) is 12.1. The van der Waals surface area contributed by atoms with Crippen LogP contribution in [0.4, 0.5) is 11.4 Å². The van der Waals surface area contributed by atoms with Gasteiger partial charge in [0.15, 0.2) is 0 Å². The number of rotatable bonds is 5. The number of nitrogens with two attached hydrogens (primary N) is 1. The van der Waals surface area contributed by atoms with Crippen molar-refractivity contribution in [1.29, 1.82) is 0 Å². The van der Waals surface area contributed by atoms with Crippen molar-refractivity contribution >= 4 is 21.4 Å². The lowest BCUT2D eigenvalue weighted by Gasteiger charge is -2.14. The van der Waals surface area contributed by atoms with E-state index in [-0.39, 0.29) is 4.90 Å².